The van der Waals surface area contributed by atoms with Crippen LogP contribution in [-0.2, 0) is 16.6 Å². The van der Waals surface area contributed by atoms with Crippen molar-refractivity contribution in [3.05, 3.63) is 47.1 Å². The molecule has 1 aromatic carbocycles. The molecule has 2 heterocycles. The van der Waals surface area contributed by atoms with Crippen molar-refractivity contribution >= 4 is 33.3 Å². The number of carbonyl (C=O) groups excluding carboxylic acids is 1. The summed E-state index contributed by atoms with van der Waals surface area (Å²) in [5, 5.41) is 13.5. The van der Waals surface area contributed by atoms with Crippen molar-refractivity contribution in [3.63, 3.8) is 0 Å². The van der Waals surface area contributed by atoms with E-state index < -0.39 is 0 Å². The summed E-state index contributed by atoms with van der Waals surface area (Å²) in [6.45, 7) is 6.21. The average molecular weight is 326 g/mol. The van der Waals surface area contributed by atoms with Crippen LogP contribution in [0.1, 0.15) is 31.3 Å². The maximum Gasteiger partial charge on any atom is 0.230 e. The van der Waals surface area contributed by atoms with Crippen LogP contribution in [0.3, 0.4) is 0 Å². The second-order valence-corrected chi connectivity index (χ2v) is 7.36. The quantitative estimate of drug-likeness (QED) is 0.799. The van der Waals surface area contributed by atoms with Gasteiger partial charge in [0, 0.05) is 17.0 Å². The highest BCUT2D eigenvalue weighted by Gasteiger charge is 2.20. The number of para-hydroxylation sites is 1. The van der Waals surface area contributed by atoms with Gasteiger partial charge in [-0.2, -0.15) is 0 Å². The zero-order valence-corrected chi connectivity index (χ0v) is 14.1. The first-order valence-electron chi connectivity index (χ1n) is 7.40. The van der Waals surface area contributed by atoms with Gasteiger partial charge in [0.05, 0.1) is 11.9 Å². The van der Waals surface area contributed by atoms with E-state index in [-0.39, 0.29) is 17.7 Å². The van der Waals surface area contributed by atoms with Crippen LogP contribution in [0.4, 0.5) is 5.13 Å². The fourth-order valence-corrected chi connectivity index (χ4v) is 3.04. The van der Waals surface area contributed by atoms with Gasteiger partial charge in [0.1, 0.15) is 5.01 Å². The smallest absolute Gasteiger partial charge is 0.230 e. The number of hydrogen-bond donors (Lipinski definition) is 1. The maximum absolute atomic E-state index is 12.3. The molecule has 118 valence electrons. The molecule has 3 aromatic rings. The molecule has 1 amide bonds. The molecule has 0 bridgehead atoms. The van der Waals surface area contributed by atoms with Crippen LogP contribution in [0.2, 0.25) is 0 Å². The molecule has 0 unspecified atom stereocenters. The monoisotopic (exact) mass is 326 g/mol. The molecule has 0 fully saturated rings. The largest absolute Gasteiger partial charge is 0.300 e. The summed E-state index contributed by atoms with van der Waals surface area (Å²) in [6.07, 6.45) is 2.00. The number of benzene rings is 1. The van der Waals surface area contributed by atoms with Crippen molar-refractivity contribution in [3.8, 4) is 0 Å². The molecule has 0 aliphatic rings. The summed E-state index contributed by atoms with van der Waals surface area (Å²) in [5.41, 5.74) is 1.69. The minimum Gasteiger partial charge on any atom is -0.300 e. The third kappa shape index (κ3) is 3.53. The standard InChI is InChI=1S/C17H18N4OS/c1-17(2,3)15-20-21-16(23-15)19-13(22)10-12-7-4-6-11-8-5-9-18-14(11)12/h4-9H,10H2,1-3H3,(H,19,21,22). The van der Waals surface area contributed by atoms with Crippen LogP contribution in [0.15, 0.2) is 36.5 Å². The summed E-state index contributed by atoms with van der Waals surface area (Å²) in [6, 6.07) is 9.74. The third-order valence-electron chi connectivity index (χ3n) is 3.38. The highest BCUT2D eigenvalue weighted by atomic mass is 32.1. The number of rotatable bonds is 3. The maximum atomic E-state index is 12.3. The molecule has 0 aliphatic heterocycles. The molecule has 0 spiro atoms. The van der Waals surface area contributed by atoms with E-state index in [4.69, 9.17) is 0 Å². The Morgan fingerprint density at radius 2 is 1.96 bits per heavy atom. The number of anilines is 1. The second-order valence-electron chi connectivity index (χ2n) is 6.38. The van der Waals surface area contributed by atoms with E-state index in [0.717, 1.165) is 21.5 Å². The summed E-state index contributed by atoms with van der Waals surface area (Å²) in [5.74, 6) is -0.111. The van der Waals surface area contributed by atoms with Crippen molar-refractivity contribution in [1.29, 1.82) is 0 Å². The minimum atomic E-state index is -0.111. The lowest BCUT2D eigenvalue weighted by molar-refractivity contribution is -0.115. The first-order chi connectivity index (χ1) is 10.9. The van der Waals surface area contributed by atoms with Crippen molar-refractivity contribution in [2.45, 2.75) is 32.6 Å². The number of fused-ring (bicyclic) bond motifs is 1. The van der Waals surface area contributed by atoms with Crippen LogP contribution in [0.5, 0.6) is 0 Å². The third-order valence-corrected chi connectivity index (χ3v) is 4.64. The Balaban J connectivity index is 1.75. The first-order valence-corrected chi connectivity index (χ1v) is 8.21. The van der Waals surface area contributed by atoms with Crippen molar-refractivity contribution < 1.29 is 4.79 Å². The highest BCUT2D eigenvalue weighted by molar-refractivity contribution is 7.15. The van der Waals surface area contributed by atoms with E-state index in [1.807, 2.05) is 30.3 Å². The molecule has 6 heteroatoms. The van der Waals surface area contributed by atoms with Crippen LogP contribution in [0.25, 0.3) is 10.9 Å². The summed E-state index contributed by atoms with van der Waals surface area (Å²) < 4.78 is 0. The molecule has 0 aliphatic carbocycles. The van der Waals surface area contributed by atoms with Gasteiger partial charge in [-0.25, -0.2) is 0 Å². The molecule has 23 heavy (non-hydrogen) atoms. The van der Waals surface area contributed by atoms with E-state index in [0.29, 0.717) is 5.13 Å². The van der Waals surface area contributed by atoms with E-state index in [9.17, 15) is 4.79 Å². The molecule has 0 saturated heterocycles. The number of amides is 1. The second kappa shape index (κ2) is 6.04. The highest BCUT2D eigenvalue weighted by Crippen LogP contribution is 2.27. The predicted octanol–water partition coefficient (Wildman–Crippen LogP) is 3.57. The van der Waals surface area contributed by atoms with Gasteiger partial charge >= 0.3 is 0 Å². The molecule has 0 saturated carbocycles. The van der Waals surface area contributed by atoms with Gasteiger partial charge in [-0.15, -0.1) is 10.2 Å². The van der Waals surface area contributed by atoms with Gasteiger partial charge < -0.3 is 5.32 Å². The average Bonchev–Trinajstić information content (AvgIpc) is 2.96. The number of hydrogen-bond acceptors (Lipinski definition) is 5. The van der Waals surface area contributed by atoms with Gasteiger partial charge in [-0.3, -0.25) is 9.78 Å². The molecule has 5 nitrogen and oxygen atoms in total. The van der Waals surface area contributed by atoms with Crippen LogP contribution in [-0.4, -0.2) is 21.1 Å². The van der Waals surface area contributed by atoms with E-state index in [1.54, 1.807) is 6.20 Å². The van der Waals surface area contributed by atoms with E-state index in [1.165, 1.54) is 11.3 Å². The lowest BCUT2D eigenvalue weighted by Gasteiger charge is -2.12. The fraction of sp³-hybridized carbons (Fsp3) is 0.294. The Bertz CT molecular complexity index is 846. The zero-order valence-electron chi connectivity index (χ0n) is 13.3. The van der Waals surface area contributed by atoms with Gasteiger partial charge in [-0.05, 0) is 11.6 Å². The molecule has 0 atom stereocenters. The van der Waals surface area contributed by atoms with Crippen molar-refractivity contribution in [2.24, 2.45) is 0 Å². The Labute approximate surface area is 138 Å². The number of nitrogens with one attached hydrogen (secondary N) is 1. The molecular weight excluding hydrogens is 308 g/mol. The van der Waals surface area contributed by atoms with E-state index >= 15 is 0 Å². The minimum absolute atomic E-state index is 0.0692. The molecule has 1 N–H and O–H groups in total. The van der Waals surface area contributed by atoms with E-state index in [2.05, 4.69) is 41.3 Å². The number of pyridine rings is 1. The summed E-state index contributed by atoms with van der Waals surface area (Å²) in [7, 11) is 0. The lowest BCUT2D eigenvalue weighted by atomic mass is 9.98. The van der Waals surface area contributed by atoms with Gasteiger partial charge in [0.2, 0.25) is 11.0 Å². The Hall–Kier alpha value is -2.34. The first kappa shape index (κ1) is 15.6. The topological polar surface area (TPSA) is 67.8 Å². The number of carbonyl (C=O) groups is 1. The zero-order chi connectivity index (χ0) is 16.4. The van der Waals surface area contributed by atoms with Crippen molar-refractivity contribution in [2.75, 3.05) is 5.32 Å². The Morgan fingerprint density at radius 1 is 1.17 bits per heavy atom. The van der Waals surface area contributed by atoms with Gasteiger partial charge in [0.15, 0.2) is 0 Å². The van der Waals surface area contributed by atoms with Crippen LogP contribution in [0, 0.1) is 0 Å². The Morgan fingerprint density at radius 3 is 2.70 bits per heavy atom. The van der Waals surface area contributed by atoms with Crippen molar-refractivity contribution in [1.82, 2.24) is 15.2 Å². The number of aromatic nitrogens is 3. The summed E-state index contributed by atoms with van der Waals surface area (Å²) >= 11 is 1.41. The molecule has 2 aromatic heterocycles. The molecular formula is C17H18N4OS. The Kier molecular flexibility index (Phi) is 4.09. The fourth-order valence-electron chi connectivity index (χ4n) is 2.22. The predicted molar refractivity (Wildman–Crippen MR) is 92.7 cm³/mol. The van der Waals surface area contributed by atoms with Gasteiger partial charge in [0.25, 0.3) is 0 Å². The van der Waals surface area contributed by atoms with Crippen LogP contribution < -0.4 is 5.32 Å². The van der Waals surface area contributed by atoms with Gasteiger partial charge in [-0.1, -0.05) is 56.4 Å². The SMILES string of the molecule is CC(C)(C)c1nnc(NC(=O)Cc2cccc3cccnc23)s1. The molecule has 3 rings (SSSR count). The normalized spacial score (nSPS) is 11.6. The van der Waals surface area contributed by atoms with Crippen LogP contribution >= 0.6 is 11.3 Å². The molecule has 0 radical (unpaired) electrons. The lowest BCUT2D eigenvalue weighted by Crippen LogP contribution is -2.14. The summed E-state index contributed by atoms with van der Waals surface area (Å²) in [4.78, 5) is 16.7. The number of nitrogens with zero attached hydrogens (tertiary/aromatic N) is 3.